The van der Waals surface area contributed by atoms with E-state index in [1.807, 2.05) is 12.1 Å². The SMILES string of the molecule is CCN1CCN(Cc2ccc(NC(=O)[C@@H](N)CC(C)C)cc2)CC1.Cl.Cl.Cl. The highest BCUT2D eigenvalue weighted by Gasteiger charge is 2.16. The molecule has 0 aromatic heterocycles. The van der Waals surface area contributed by atoms with E-state index < -0.39 is 6.04 Å². The Labute approximate surface area is 182 Å². The van der Waals surface area contributed by atoms with Crippen molar-refractivity contribution in [3.8, 4) is 0 Å². The van der Waals surface area contributed by atoms with E-state index in [1.165, 1.54) is 5.56 Å². The number of carbonyl (C=O) groups excluding carboxylic acids is 1. The zero-order chi connectivity index (χ0) is 17.5. The molecule has 8 heteroatoms. The molecule has 0 bridgehead atoms. The maximum atomic E-state index is 12.1. The van der Waals surface area contributed by atoms with Crippen LogP contribution in [0.3, 0.4) is 0 Å². The molecule has 0 saturated carbocycles. The fraction of sp³-hybridized carbons (Fsp3) is 0.632. The van der Waals surface area contributed by atoms with Crippen LogP contribution in [-0.2, 0) is 11.3 Å². The number of nitrogens with one attached hydrogen (secondary N) is 1. The van der Waals surface area contributed by atoms with Crippen LogP contribution in [0.15, 0.2) is 24.3 Å². The quantitative estimate of drug-likeness (QED) is 0.681. The van der Waals surface area contributed by atoms with Crippen molar-refractivity contribution in [3.63, 3.8) is 0 Å². The van der Waals surface area contributed by atoms with E-state index in [0.717, 1.165) is 45.0 Å². The first-order valence-electron chi connectivity index (χ1n) is 9.08. The lowest BCUT2D eigenvalue weighted by molar-refractivity contribution is -0.117. The molecule has 1 aliphatic rings. The van der Waals surface area contributed by atoms with E-state index in [-0.39, 0.29) is 43.1 Å². The largest absolute Gasteiger partial charge is 0.325 e. The molecule has 1 amide bonds. The molecule has 5 nitrogen and oxygen atoms in total. The van der Waals surface area contributed by atoms with Gasteiger partial charge in [-0.05, 0) is 36.6 Å². The van der Waals surface area contributed by atoms with Gasteiger partial charge in [0.05, 0.1) is 6.04 Å². The van der Waals surface area contributed by atoms with Crippen LogP contribution in [0.2, 0.25) is 0 Å². The van der Waals surface area contributed by atoms with Gasteiger partial charge in [0.15, 0.2) is 0 Å². The van der Waals surface area contributed by atoms with Crippen LogP contribution in [0.1, 0.15) is 32.8 Å². The predicted molar refractivity (Wildman–Crippen MR) is 122 cm³/mol. The molecule has 0 unspecified atom stereocenters. The third-order valence-electron chi connectivity index (χ3n) is 4.60. The molecule has 1 atom stereocenters. The number of halogens is 3. The first kappa shape index (κ1) is 28.6. The minimum Gasteiger partial charge on any atom is -0.325 e. The molecule has 158 valence electrons. The van der Waals surface area contributed by atoms with Gasteiger partial charge in [-0.25, -0.2) is 0 Å². The van der Waals surface area contributed by atoms with Crippen molar-refractivity contribution in [1.29, 1.82) is 0 Å². The number of carbonyl (C=O) groups is 1. The molecule has 1 saturated heterocycles. The van der Waals surface area contributed by atoms with E-state index in [0.29, 0.717) is 12.3 Å². The molecular weight excluding hydrogens is 407 g/mol. The monoisotopic (exact) mass is 440 g/mol. The molecule has 0 aliphatic carbocycles. The van der Waals surface area contributed by atoms with E-state index in [2.05, 4.69) is 48.0 Å². The lowest BCUT2D eigenvalue weighted by Gasteiger charge is -2.34. The fourth-order valence-electron chi connectivity index (χ4n) is 3.07. The highest BCUT2D eigenvalue weighted by atomic mass is 35.5. The Morgan fingerprint density at radius 2 is 1.56 bits per heavy atom. The Bertz CT molecular complexity index is 520. The van der Waals surface area contributed by atoms with Crippen LogP contribution in [-0.4, -0.2) is 54.5 Å². The Hall–Kier alpha value is -0.560. The van der Waals surface area contributed by atoms with Crippen molar-refractivity contribution in [2.75, 3.05) is 38.0 Å². The van der Waals surface area contributed by atoms with Crippen molar-refractivity contribution in [2.24, 2.45) is 11.7 Å². The van der Waals surface area contributed by atoms with E-state index >= 15 is 0 Å². The van der Waals surface area contributed by atoms with Gasteiger partial charge in [-0.3, -0.25) is 9.69 Å². The number of hydrogen-bond donors (Lipinski definition) is 2. The number of nitrogens with two attached hydrogens (primary N) is 1. The number of amides is 1. The Balaban J connectivity index is 0. The Morgan fingerprint density at radius 1 is 1.04 bits per heavy atom. The zero-order valence-corrected chi connectivity index (χ0v) is 19.0. The second-order valence-electron chi connectivity index (χ2n) is 7.13. The van der Waals surface area contributed by atoms with Gasteiger partial charge in [-0.1, -0.05) is 32.9 Å². The van der Waals surface area contributed by atoms with Crippen LogP contribution in [0.5, 0.6) is 0 Å². The van der Waals surface area contributed by atoms with Crippen LogP contribution >= 0.6 is 37.2 Å². The number of likely N-dealkylation sites (N-methyl/N-ethyl adjacent to an activating group) is 1. The fourth-order valence-corrected chi connectivity index (χ4v) is 3.07. The summed E-state index contributed by atoms with van der Waals surface area (Å²) in [4.78, 5) is 17.0. The van der Waals surface area contributed by atoms with Crippen LogP contribution in [0.4, 0.5) is 5.69 Å². The molecule has 0 spiro atoms. The zero-order valence-electron chi connectivity index (χ0n) is 16.5. The molecular formula is C19H35Cl3N4O. The molecule has 3 N–H and O–H groups in total. The summed E-state index contributed by atoms with van der Waals surface area (Å²) in [6.45, 7) is 13.0. The van der Waals surface area contributed by atoms with Gasteiger partial charge >= 0.3 is 0 Å². The topological polar surface area (TPSA) is 61.6 Å². The first-order valence-corrected chi connectivity index (χ1v) is 9.08. The highest BCUT2D eigenvalue weighted by Crippen LogP contribution is 2.14. The van der Waals surface area contributed by atoms with Gasteiger partial charge in [0.2, 0.25) is 5.91 Å². The number of hydrogen-bond acceptors (Lipinski definition) is 4. The van der Waals surface area contributed by atoms with E-state index in [1.54, 1.807) is 0 Å². The number of anilines is 1. The lowest BCUT2D eigenvalue weighted by Crippen LogP contribution is -2.45. The predicted octanol–water partition coefficient (Wildman–Crippen LogP) is 3.40. The van der Waals surface area contributed by atoms with Crippen molar-refractivity contribution in [2.45, 2.75) is 39.8 Å². The standard InChI is InChI=1S/C19H32N4O.3ClH/c1-4-22-9-11-23(12-10-22)14-16-5-7-17(8-6-16)21-19(24)18(20)13-15(2)3;;;/h5-8,15,18H,4,9-14,20H2,1-3H3,(H,21,24);3*1H/t18-;;;/m0.../s1. The normalized spacial score (nSPS) is 15.9. The minimum atomic E-state index is -0.445. The van der Waals surface area contributed by atoms with Crippen molar-refractivity contribution in [1.82, 2.24) is 9.80 Å². The molecule has 1 aliphatic heterocycles. The van der Waals surface area contributed by atoms with Crippen molar-refractivity contribution < 1.29 is 4.79 Å². The third-order valence-corrected chi connectivity index (χ3v) is 4.60. The number of rotatable bonds is 7. The van der Waals surface area contributed by atoms with Gasteiger partial charge in [0, 0.05) is 38.4 Å². The lowest BCUT2D eigenvalue weighted by atomic mass is 10.0. The summed E-state index contributed by atoms with van der Waals surface area (Å²) >= 11 is 0. The van der Waals surface area contributed by atoms with Crippen LogP contribution < -0.4 is 11.1 Å². The van der Waals surface area contributed by atoms with E-state index in [9.17, 15) is 4.79 Å². The summed E-state index contributed by atoms with van der Waals surface area (Å²) in [7, 11) is 0. The van der Waals surface area contributed by atoms with E-state index in [4.69, 9.17) is 5.73 Å². The highest BCUT2D eigenvalue weighted by molar-refractivity contribution is 5.94. The summed E-state index contributed by atoms with van der Waals surface area (Å²) in [6.07, 6.45) is 0.702. The summed E-state index contributed by atoms with van der Waals surface area (Å²) < 4.78 is 0. The van der Waals surface area contributed by atoms with Gasteiger partial charge in [-0.2, -0.15) is 0 Å². The average molecular weight is 442 g/mol. The van der Waals surface area contributed by atoms with Crippen LogP contribution in [0.25, 0.3) is 0 Å². The van der Waals surface area contributed by atoms with Gasteiger partial charge < -0.3 is 16.0 Å². The van der Waals surface area contributed by atoms with Gasteiger partial charge in [-0.15, -0.1) is 37.2 Å². The summed E-state index contributed by atoms with van der Waals surface area (Å²) in [5.74, 6) is 0.313. The number of piperazine rings is 1. The van der Waals surface area contributed by atoms with Crippen LogP contribution in [0, 0.1) is 5.92 Å². The van der Waals surface area contributed by atoms with Gasteiger partial charge in [0.1, 0.15) is 0 Å². The molecule has 1 heterocycles. The number of nitrogens with zero attached hydrogens (tertiary/aromatic N) is 2. The molecule has 2 rings (SSSR count). The van der Waals surface area contributed by atoms with Crippen molar-refractivity contribution in [3.05, 3.63) is 29.8 Å². The second-order valence-corrected chi connectivity index (χ2v) is 7.13. The van der Waals surface area contributed by atoms with Crippen molar-refractivity contribution >= 4 is 48.8 Å². The maximum Gasteiger partial charge on any atom is 0.241 e. The molecule has 1 aromatic carbocycles. The molecule has 27 heavy (non-hydrogen) atoms. The summed E-state index contributed by atoms with van der Waals surface area (Å²) in [5.41, 5.74) is 8.02. The molecule has 1 fully saturated rings. The second kappa shape index (κ2) is 14.4. The first-order chi connectivity index (χ1) is 11.5. The number of benzene rings is 1. The maximum absolute atomic E-state index is 12.1. The Kier molecular flexibility index (Phi) is 15.3. The summed E-state index contributed by atoms with van der Waals surface area (Å²) in [5, 5.41) is 2.91. The minimum absolute atomic E-state index is 0. The van der Waals surface area contributed by atoms with Gasteiger partial charge in [0.25, 0.3) is 0 Å². The third kappa shape index (κ3) is 9.97. The smallest absolute Gasteiger partial charge is 0.241 e. The molecule has 0 radical (unpaired) electrons. The molecule has 1 aromatic rings. The average Bonchev–Trinajstić information content (AvgIpc) is 2.56. The Morgan fingerprint density at radius 3 is 2.04 bits per heavy atom. The summed E-state index contributed by atoms with van der Waals surface area (Å²) in [6, 6.07) is 7.68.